The highest BCUT2D eigenvalue weighted by Crippen LogP contribution is 2.38. The van der Waals surface area contributed by atoms with Crippen LogP contribution in [0.3, 0.4) is 0 Å². The minimum Gasteiger partial charge on any atom is -0.496 e. The Kier molecular flexibility index (Phi) is 3.94. The predicted octanol–water partition coefficient (Wildman–Crippen LogP) is 4.98. The first kappa shape index (κ1) is 16.6. The van der Waals surface area contributed by atoms with Crippen LogP contribution in [0.2, 0.25) is 0 Å². The maximum Gasteiger partial charge on any atom is 0.251 e. The van der Waals surface area contributed by atoms with Crippen molar-refractivity contribution in [3.8, 4) is 17.0 Å². The van der Waals surface area contributed by atoms with Crippen LogP contribution in [0, 0.1) is 5.82 Å². The Labute approximate surface area is 147 Å². The minimum absolute atomic E-state index is 0.176. The van der Waals surface area contributed by atoms with Crippen LogP contribution in [0.15, 0.2) is 36.7 Å². The lowest BCUT2D eigenvalue weighted by atomic mass is 9.94. The standard InChI is InChI=1S/C19H16F3N3O/c1-26-16-3-2-12(20)8-13(16)17-14-9-15(25-18(14)24-10-23-17)11-4-6-19(21,22)7-5-11/h2-4,8-10H,5-7H2,1H3,(H,23,24,25). The molecule has 4 nitrogen and oxygen atoms in total. The third-order valence-electron chi connectivity index (χ3n) is 4.60. The summed E-state index contributed by atoms with van der Waals surface area (Å²) in [6, 6.07) is 6.03. The van der Waals surface area contributed by atoms with E-state index in [1.165, 1.54) is 31.6 Å². The van der Waals surface area contributed by atoms with Crippen molar-refractivity contribution in [2.24, 2.45) is 0 Å². The molecule has 0 atom stereocenters. The molecule has 0 aliphatic heterocycles. The van der Waals surface area contributed by atoms with Gasteiger partial charge in [0.15, 0.2) is 0 Å². The lowest BCUT2D eigenvalue weighted by Gasteiger charge is -2.20. The summed E-state index contributed by atoms with van der Waals surface area (Å²) in [5, 5.41) is 0.685. The molecule has 4 rings (SSSR count). The van der Waals surface area contributed by atoms with Crippen LogP contribution in [0.1, 0.15) is 25.0 Å². The highest BCUT2D eigenvalue weighted by atomic mass is 19.3. The van der Waals surface area contributed by atoms with Gasteiger partial charge in [-0.2, -0.15) is 0 Å². The number of aromatic amines is 1. The fourth-order valence-electron chi connectivity index (χ4n) is 3.23. The number of hydrogen-bond acceptors (Lipinski definition) is 3. The molecule has 0 amide bonds. The molecular formula is C19H16F3N3O. The highest BCUT2D eigenvalue weighted by molar-refractivity contribution is 5.94. The number of methoxy groups -OCH3 is 1. The number of H-pyrrole nitrogens is 1. The van der Waals surface area contributed by atoms with E-state index in [1.807, 2.05) is 6.07 Å². The van der Waals surface area contributed by atoms with Crippen molar-refractivity contribution in [1.82, 2.24) is 15.0 Å². The Morgan fingerprint density at radius 2 is 2.04 bits per heavy atom. The first-order valence-corrected chi connectivity index (χ1v) is 8.22. The Bertz CT molecular complexity index is 1010. The molecule has 1 aromatic carbocycles. The van der Waals surface area contributed by atoms with Crippen LogP contribution in [0.25, 0.3) is 27.9 Å². The maximum atomic E-state index is 13.8. The Balaban J connectivity index is 1.83. The fraction of sp³-hybridized carbons (Fsp3) is 0.263. The molecule has 0 radical (unpaired) electrons. The van der Waals surface area contributed by atoms with Crippen molar-refractivity contribution in [2.75, 3.05) is 7.11 Å². The van der Waals surface area contributed by atoms with Gasteiger partial charge in [-0.3, -0.25) is 0 Å². The van der Waals surface area contributed by atoms with Crippen molar-refractivity contribution in [3.63, 3.8) is 0 Å². The molecule has 1 aliphatic rings. The second kappa shape index (κ2) is 6.16. The van der Waals surface area contributed by atoms with Crippen LogP contribution in [0.5, 0.6) is 5.75 Å². The fourth-order valence-corrected chi connectivity index (χ4v) is 3.23. The van der Waals surface area contributed by atoms with Gasteiger partial charge in [-0.25, -0.2) is 23.1 Å². The number of alkyl halides is 2. The van der Waals surface area contributed by atoms with Gasteiger partial charge >= 0.3 is 0 Å². The highest BCUT2D eigenvalue weighted by Gasteiger charge is 2.31. The zero-order chi connectivity index (χ0) is 18.3. The lowest BCUT2D eigenvalue weighted by Crippen LogP contribution is -2.18. The topological polar surface area (TPSA) is 50.8 Å². The Morgan fingerprint density at radius 3 is 2.77 bits per heavy atom. The number of rotatable bonds is 3. The maximum absolute atomic E-state index is 13.8. The minimum atomic E-state index is -2.64. The van der Waals surface area contributed by atoms with E-state index in [2.05, 4.69) is 15.0 Å². The summed E-state index contributed by atoms with van der Waals surface area (Å²) in [6.45, 7) is 0. The molecule has 3 aromatic rings. The zero-order valence-corrected chi connectivity index (χ0v) is 14.0. The largest absolute Gasteiger partial charge is 0.496 e. The van der Waals surface area contributed by atoms with Crippen LogP contribution in [0.4, 0.5) is 13.2 Å². The number of benzene rings is 1. The van der Waals surface area contributed by atoms with Gasteiger partial charge in [0.05, 0.1) is 12.8 Å². The van der Waals surface area contributed by atoms with Crippen molar-refractivity contribution >= 4 is 16.6 Å². The van der Waals surface area contributed by atoms with Crippen LogP contribution in [-0.2, 0) is 0 Å². The van der Waals surface area contributed by atoms with Crippen LogP contribution < -0.4 is 4.74 Å². The van der Waals surface area contributed by atoms with Gasteiger partial charge in [-0.1, -0.05) is 6.08 Å². The quantitative estimate of drug-likeness (QED) is 0.718. The summed E-state index contributed by atoms with van der Waals surface area (Å²) in [7, 11) is 1.50. The predicted molar refractivity (Wildman–Crippen MR) is 92.6 cm³/mol. The lowest BCUT2D eigenvalue weighted by molar-refractivity contribution is -0.00605. The molecule has 26 heavy (non-hydrogen) atoms. The molecule has 1 N–H and O–H groups in total. The summed E-state index contributed by atoms with van der Waals surface area (Å²) in [6.07, 6.45) is 2.78. The van der Waals surface area contributed by atoms with Gasteiger partial charge in [0, 0.05) is 29.5 Å². The van der Waals surface area contributed by atoms with E-state index in [1.54, 1.807) is 6.08 Å². The SMILES string of the molecule is COc1ccc(F)cc1-c1ncnc2[nH]c(C3=CCC(F)(F)CC3)cc12. The molecule has 0 bridgehead atoms. The van der Waals surface area contributed by atoms with E-state index in [4.69, 9.17) is 4.74 Å². The molecule has 7 heteroatoms. The molecule has 2 heterocycles. The van der Waals surface area contributed by atoms with Gasteiger partial charge in [0.25, 0.3) is 5.92 Å². The van der Waals surface area contributed by atoms with Crippen LogP contribution >= 0.6 is 0 Å². The van der Waals surface area contributed by atoms with E-state index in [9.17, 15) is 13.2 Å². The Hall–Kier alpha value is -2.83. The zero-order valence-electron chi connectivity index (χ0n) is 14.0. The number of aromatic nitrogens is 3. The van der Waals surface area contributed by atoms with E-state index < -0.39 is 11.7 Å². The number of nitrogens with zero attached hydrogens (tertiary/aromatic N) is 2. The van der Waals surface area contributed by atoms with Crippen molar-refractivity contribution in [3.05, 3.63) is 48.2 Å². The number of hydrogen-bond donors (Lipinski definition) is 1. The average molecular weight is 359 g/mol. The monoisotopic (exact) mass is 359 g/mol. The summed E-state index contributed by atoms with van der Waals surface area (Å²) in [5.74, 6) is -2.55. The van der Waals surface area contributed by atoms with Gasteiger partial charge < -0.3 is 9.72 Å². The normalized spacial score (nSPS) is 16.5. The first-order valence-electron chi connectivity index (χ1n) is 8.22. The number of allylic oxidation sites excluding steroid dienone is 2. The van der Waals surface area contributed by atoms with Crippen LogP contribution in [-0.4, -0.2) is 28.0 Å². The summed E-state index contributed by atoms with van der Waals surface area (Å²) in [5.41, 5.74) is 3.15. The molecular weight excluding hydrogens is 343 g/mol. The van der Waals surface area contributed by atoms with Crippen molar-refractivity contribution < 1.29 is 17.9 Å². The van der Waals surface area contributed by atoms with E-state index >= 15 is 0 Å². The van der Waals surface area contributed by atoms with E-state index in [-0.39, 0.29) is 19.3 Å². The summed E-state index contributed by atoms with van der Waals surface area (Å²) < 4.78 is 45.8. The van der Waals surface area contributed by atoms with Crippen molar-refractivity contribution in [2.45, 2.75) is 25.2 Å². The third-order valence-corrected chi connectivity index (χ3v) is 4.60. The smallest absolute Gasteiger partial charge is 0.251 e. The molecule has 0 spiro atoms. The first-order chi connectivity index (χ1) is 12.5. The van der Waals surface area contributed by atoms with Gasteiger partial charge in [-0.05, 0) is 36.3 Å². The Morgan fingerprint density at radius 1 is 1.19 bits per heavy atom. The number of ether oxygens (including phenoxy) is 1. The molecule has 134 valence electrons. The molecule has 1 aliphatic carbocycles. The second-order valence-corrected chi connectivity index (χ2v) is 6.30. The number of fused-ring (bicyclic) bond motifs is 1. The van der Waals surface area contributed by atoms with Gasteiger partial charge in [0.1, 0.15) is 23.5 Å². The number of halogens is 3. The van der Waals surface area contributed by atoms with Crippen molar-refractivity contribution in [1.29, 1.82) is 0 Å². The molecule has 0 fully saturated rings. The summed E-state index contributed by atoms with van der Waals surface area (Å²) >= 11 is 0. The molecule has 0 unspecified atom stereocenters. The van der Waals surface area contributed by atoms with Gasteiger partial charge in [-0.15, -0.1) is 0 Å². The molecule has 0 saturated heterocycles. The average Bonchev–Trinajstić information content (AvgIpc) is 3.05. The van der Waals surface area contributed by atoms with E-state index in [0.29, 0.717) is 28.0 Å². The van der Waals surface area contributed by atoms with Gasteiger partial charge in [0.2, 0.25) is 0 Å². The third kappa shape index (κ3) is 2.94. The number of nitrogens with one attached hydrogen (secondary N) is 1. The molecule has 2 aromatic heterocycles. The van der Waals surface area contributed by atoms with E-state index in [0.717, 1.165) is 11.3 Å². The summed E-state index contributed by atoms with van der Waals surface area (Å²) in [4.78, 5) is 11.7. The second-order valence-electron chi connectivity index (χ2n) is 6.30. The molecule has 0 saturated carbocycles.